The second kappa shape index (κ2) is 8.66. The zero-order chi connectivity index (χ0) is 24.9. The number of carboxylic acid groups (broad SMARTS) is 1. The number of nitrogens with zero attached hydrogens (tertiary/aromatic N) is 3. The summed E-state index contributed by atoms with van der Waals surface area (Å²) in [5, 5.41) is 10.4. The van der Waals surface area contributed by atoms with E-state index in [9.17, 15) is 14.7 Å². The van der Waals surface area contributed by atoms with E-state index in [1.807, 2.05) is 36.6 Å². The number of hydrogen-bond donors (Lipinski definition) is 2. The summed E-state index contributed by atoms with van der Waals surface area (Å²) in [5.41, 5.74) is 10.1. The van der Waals surface area contributed by atoms with Gasteiger partial charge in [-0.2, -0.15) is 0 Å². The molecule has 9 heteroatoms. The number of amides is 1. The number of hydrogen-bond acceptors (Lipinski definition) is 5. The van der Waals surface area contributed by atoms with Gasteiger partial charge in [-0.15, -0.1) is 0 Å². The largest absolute Gasteiger partial charge is 0.478 e. The second-order valence-corrected chi connectivity index (χ2v) is 9.05. The molecule has 0 aliphatic heterocycles. The number of carbonyl (C=O) groups is 2. The van der Waals surface area contributed by atoms with Crippen molar-refractivity contribution in [1.29, 1.82) is 0 Å². The highest BCUT2D eigenvalue weighted by molar-refractivity contribution is 9.10. The molecule has 0 saturated carbocycles. The van der Waals surface area contributed by atoms with Gasteiger partial charge in [-0.25, -0.2) is 14.8 Å². The molecule has 3 aromatic heterocycles. The summed E-state index contributed by atoms with van der Waals surface area (Å²) in [7, 11) is 0. The number of aromatic carboxylic acids is 1. The third kappa shape index (κ3) is 3.87. The van der Waals surface area contributed by atoms with Crippen molar-refractivity contribution < 1.29 is 19.1 Å². The maximum absolute atomic E-state index is 11.8. The molecule has 0 fully saturated rings. The highest BCUT2D eigenvalue weighted by atomic mass is 79.9. The molecule has 0 bridgehead atoms. The van der Waals surface area contributed by atoms with Gasteiger partial charge in [0.25, 0.3) is 5.91 Å². The quantitative estimate of drug-likeness (QED) is 0.304. The summed E-state index contributed by atoms with van der Waals surface area (Å²) in [6.45, 7) is 4.38. The van der Waals surface area contributed by atoms with Gasteiger partial charge in [-0.1, -0.05) is 31.2 Å². The number of carbonyl (C=O) groups excluding carboxylic acids is 1. The number of aromatic nitrogens is 3. The molecule has 0 aliphatic carbocycles. The lowest BCUT2D eigenvalue weighted by atomic mass is 10.0. The number of pyridine rings is 1. The van der Waals surface area contributed by atoms with Crippen LogP contribution in [0.1, 0.15) is 44.7 Å². The zero-order valence-electron chi connectivity index (χ0n) is 19.0. The first kappa shape index (κ1) is 22.8. The summed E-state index contributed by atoms with van der Waals surface area (Å²) in [4.78, 5) is 32.7. The maximum Gasteiger partial charge on any atom is 0.336 e. The number of primary amides is 1. The zero-order valence-corrected chi connectivity index (χ0v) is 20.6. The van der Waals surface area contributed by atoms with Crippen LogP contribution < -0.4 is 5.73 Å². The predicted molar refractivity (Wildman–Crippen MR) is 136 cm³/mol. The average molecular weight is 533 g/mol. The van der Waals surface area contributed by atoms with Crippen LogP contribution in [0.15, 0.2) is 57.4 Å². The van der Waals surface area contributed by atoms with Gasteiger partial charge in [-0.05, 0) is 58.2 Å². The van der Waals surface area contributed by atoms with E-state index >= 15 is 0 Å². The minimum absolute atomic E-state index is 0.164. The van der Waals surface area contributed by atoms with Crippen LogP contribution >= 0.6 is 15.9 Å². The standard InChI is InChI=1S/C26H21BrN4O4/c1-3-20-30-22-13(2)10-18(24(28)32)29-25(22)31(20)12-14-8-9-19-17(11-14)21(27)23(35-19)15-6-4-5-7-16(15)26(33)34/h4-11H,3,12H2,1-2H3,(H2,28,32)(H,33,34). The Hall–Kier alpha value is -3.98. The Balaban J connectivity index is 1.62. The predicted octanol–water partition coefficient (Wildman–Crippen LogP) is 5.32. The molecule has 0 unspecified atom stereocenters. The Kier molecular flexibility index (Phi) is 5.64. The fourth-order valence-corrected chi connectivity index (χ4v) is 4.89. The molecule has 2 aromatic carbocycles. The van der Waals surface area contributed by atoms with E-state index in [2.05, 4.69) is 20.9 Å². The second-order valence-electron chi connectivity index (χ2n) is 8.26. The van der Waals surface area contributed by atoms with Gasteiger partial charge in [-0.3, -0.25) is 4.79 Å². The van der Waals surface area contributed by atoms with E-state index in [1.165, 1.54) is 0 Å². The molecule has 8 nitrogen and oxygen atoms in total. The number of halogens is 1. The Labute approximate surface area is 208 Å². The SMILES string of the molecule is CCc1nc2c(C)cc(C(N)=O)nc2n1Cc1ccc2oc(-c3ccccc3C(=O)O)c(Br)c2c1. The summed E-state index contributed by atoms with van der Waals surface area (Å²) >= 11 is 3.62. The summed E-state index contributed by atoms with van der Waals surface area (Å²) in [6, 6.07) is 14.2. The average Bonchev–Trinajstić information content (AvgIpc) is 3.36. The van der Waals surface area contributed by atoms with E-state index in [0.717, 1.165) is 27.9 Å². The number of benzene rings is 2. The van der Waals surface area contributed by atoms with Crippen LogP contribution in [-0.4, -0.2) is 31.5 Å². The van der Waals surface area contributed by atoms with Gasteiger partial charge in [0.1, 0.15) is 28.4 Å². The van der Waals surface area contributed by atoms with Crippen molar-refractivity contribution >= 4 is 49.9 Å². The van der Waals surface area contributed by atoms with Gasteiger partial charge in [0.15, 0.2) is 5.65 Å². The van der Waals surface area contributed by atoms with E-state index < -0.39 is 11.9 Å². The van der Waals surface area contributed by atoms with Crippen molar-refractivity contribution in [1.82, 2.24) is 14.5 Å². The first-order chi connectivity index (χ1) is 16.8. The van der Waals surface area contributed by atoms with Crippen molar-refractivity contribution in [2.45, 2.75) is 26.8 Å². The van der Waals surface area contributed by atoms with Gasteiger partial charge >= 0.3 is 5.97 Å². The number of imidazole rings is 1. The molecule has 0 saturated heterocycles. The fourth-order valence-electron chi connectivity index (χ4n) is 4.29. The number of rotatable bonds is 6. The Morgan fingerprint density at radius 1 is 1.14 bits per heavy atom. The number of furan rings is 1. The Morgan fingerprint density at radius 2 is 1.91 bits per heavy atom. The summed E-state index contributed by atoms with van der Waals surface area (Å²) in [5.74, 6) is -0.301. The molecule has 1 amide bonds. The van der Waals surface area contributed by atoms with Crippen LogP contribution in [-0.2, 0) is 13.0 Å². The molecule has 176 valence electrons. The Morgan fingerprint density at radius 3 is 2.63 bits per heavy atom. The normalized spacial score (nSPS) is 11.4. The lowest BCUT2D eigenvalue weighted by Gasteiger charge is -2.09. The van der Waals surface area contributed by atoms with E-state index in [0.29, 0.717) is 40.0 Å². The van der Waals surface area contributed by atoms with Crippen molar-refractivity contribution in [2.24, 2.45) is 5.73 Å². The number of fused-ring (bicyclic) bond motifs is 2. The van der Waals surface area contributed by atoms with Crippen molar-refractivity contribution in [3.8, 4) is 11.3 Å². The summed E-state index contributed by atoms with van der Waals surface area (Å²) < 4.78 is 8.72. The number of nitrogens with two attached hydrogens (primary N) is 1. The maximum atomic E-state index is 11.8. The topological polar surface area (TPSA) is 124 Å². The number of carboxylic acids is 1. The molecular formula is C26H21BrN4O4. The van der Waals surface area contributed by atoms with Gasteiger partial charge in [0.2, 0.25) is 0 Å². The molecule has 35 heavy (non-hydrogen) atoms. The first-order valence-corrected chi connectivity index (χ1v) is 11.8. The lowest BCUT2D eigenvalue weighted by Crippen LogP contribution is -2.14. The van der Waals surface area contributed by atoms with Gasteiger partial charge in [0, 0.05) is 17.4 Å². The fraction of sp³-hybridized carbons (Fsp3) is 0.154. The third-order valence-electron chi connectivity index (χ3n) is 5.98. The monoisotopic (exact) mass is 532 g/mol. The first-order valence-electron chi connectivity index (χ1n) is 11.0. The summed E-state index contributed by atoms with van der Waals surface area (Å²) in [6.07, 6.45) is 0.690. The molecular weight excluding hydrogens is 512 g/mol. The van der Waals surface area contributed by atoms with Gasteiger partial charge < -0.3 is 19.8 Å². The molecule has 0 radical (unpaired) electrons. The highest BCUT2D eigenvalue weighted by Gasteiger charge is 2.21. The van der Waals surface area contributed by atoms with Crippen molar-refractivity contribution in [2.75, 3.05) is 0 Å². The van der Waals surface area contributed by atoms with Crippen LogP contribution in [0.25, 0.3) is 33.5 Å². The third-order valence-corrected chi connectivity index (χ3v) is 6.76. The van der Waals surface area contributed by atoms with Gasteiger partial charge in [0.05, 0.1) is 16.6 Å². The minimum atomic E-state index is -1.02. The van der Waals surface area contributed by atoms with Crippen LogP contribution in [0.4, 0.5) is 0 Å². The van der Waals surface area contributed by atoms with E-state index in [4.69, 9.17) is 15.1 Å². The lowest BCUT2D eigenvalue weighted by molar-refractivity contribution is 0.0697. The Bertz CT molecular complexity index is 1650. The van der Waals surface area contributed by atoms with Crippen LogP contribution in [0.3, 0.4) is 0 Å². The molecule has 0 aliphatic rings. The smallest absolute Gasteiger partial charge is 0.336 e. The van der Waals surface area contributed by atoms with Crippen LogP contribution in [0.5, 0.6) is 0 Å². The van der Waals surface area contributed by atoms with E-state index in [1.54, 1.807) is 30.3 Å². The molecule has 3 N–H and O–H groups in total. The highest BCUT2D eigenvalue weighted by Crippen LogP contribution is 2.39. The molecule has 5 aromatic rings. The molecule has 0 spiro atoms. The molecule has 3 heterocycles. The molecule has 0 atom stereocenters. The number of aryl methyl sites for hydroxylation is 2. The molecule has 5 rings (SSSR count). The van der Waals surface area contributed by atoms with Crippen molar-refractivity contribution in [3.63, 3.8) is 0 Å². The van der Waals surface area contributed by atoms with Crippen molar-refractivity contribution in [3.05, 3.63) is 81.2 Å². The van der Waals surface area contributed by atoms with Crippen LogP contribution in [0.2, 0.25) is 0 Å². The van der Waals surface area contributed by atoms with E-state index in [-0.39, 0.29) is 11.3 Å². The van der Waals surface area contributed by atoms with Crippen LogP contribution in [0, 0.1) is 6.92 Å². The minimum Gasteiger partial charge on any atom is -0.478 e.